The molecule has 0 aromatic carbocycles. The first kappa shape index (κ1) is 16.5. The zero-order valence-electron chi connectivity index (χ0n) is 14.4. The van der Waals surface area contributed by atoms with Crippen molar-refractivity contribution in [2.24, 2.45) is 0 Å². The molecule has 2 saturated heterocycles. The van der Waals surface area contributed by atoms with Crippen LogP contribution in [0.1, 0.15) is 37.3 Å². The lowest BCUT2D eigenvalue weighted by Gasteiger charge is -2.46. The van der Waals surface area contributed by atoms with Crippen LogP contribution in [0.4, 0.5) is 0 Å². The standard InChI is InChI=1S/C17H27N3O3/c1-4-13-12(15(5-2)23-18-13)10-17(21)20-8-9-22-16-6-7-19(3)11-14(16)20/h14,16H,4-11H2,1-3H3/t14-,16-/m1/s1. The molecule has 0 unspecified atom stereocenters. The summed E-state index contributed by atoms with van der Waals surface area (Å²) in [7, 11) is 2.11. The minimum absolute atomic E-state index is 0.171. The van der Waals surface area contributed by atoms with Crippen molar-refractivity contribution in [2.45, 2.75) is 51.7 Å². The first-order valence-electron chi connectivity index (χ1n) is 8.69. The second-order valence-electron chi connectivity index (χ2n) is 6.53. The molecule has 0 radical (unpaired) electrons. The van der Waals surface area contributed by atoms with Gasteiger partial charge in [0.1, 0.15) is 5.76 Å². The van der Waals surface area contributed by atoms with Crippen LogP contribution in [0.25, 0.3) is 0 Å². The van der Waals surface area contributed by atoms with Crippen LogP contribution in [0.5, 0.6) is 0 Å². The molecule has 2 atom stereocenters. The third-order valence-corrected chi connectivity index (χ3v) is 5.04. The van der Waals surface area contributed by atoms with Gasteiger partial charge < -0.3 is 19.1 Å². The van der Waals surface area contributed by atoms with E-state index in [1.54, 1.807) is 0 Å². The van der Waals surface area contributed by atoms with Crippen molar-refractivity contribution in [3.8, 4) is 0 Å². The smallest absolute Gasteiger partial charge is 0.227 e. The van der Waals surface area contributed by atoms with Crippen molar-refractivity contribution in [2.75, 3.05) is 33.3 Å². The number of morpholine rings is 1. The second kappa shape index (κ2) is 7.01. The topological polar surface area (TPSA) is 58.8 Å². The van der Waals surface area contributed by atoms with Crippen LogP contribution in [0.3, 0.4) is 0 Å². The molecule has 0 bridgehead atoms. The van der Waals surface area contributed by atoms with Gasteiger partial charge in [0.05, 0.1) is 30.9 Å². The van der Waals surface area contributed by atoms with Crippen LogP contribution < -0.4 is 0 Å². The highest BCUT2D eigenvalue weighted by Gasteiger charge is 2.38. The third-order valence-electron chi connectivity index (χ3n) is 5.04. The predicted octanol–water partition coefficient (Wildman–Crippen LogP) is 1.27. The molecule has 0 aliphatic carbocycles. The number of carbonyl (C=O) groups is 1. The lowest BCUT2D eigenvalue weighted by Crippen LogP contribution is -2.61. The molecular formula is C17H27N3O3. The normalized spacial score (nSPS) is 25.4. The van der Waals surface area contributed by atoms with E-state index in [-0.39, 0.29) is 18.1 Å². The molecule has 3 heterocycles. The number of hydrogen-bond acceptors (Lipinski definition) is 5. The number of ether oxygens (including phenoxy) is 1. The van der Waals surface area contributed by atoms with E-state index in [0.717, 1.165) is 49.4 Å². The minimum Gasteiger partial charge on any atom is -0.374 e. The molecule has 6 heteroatoms. The number of aryl methyl sites for hydroxylation is 2. The molecule has 0 N–H and O–H groups in total. The Kier molecular flexibility index (Phi) is 5.02. The monoisotopic (exact) mass is 321 g/mol. The van der Waals surface area contributed by atoms with Crippen molar-refractivity contribution in [1.82, 2.24) is 15.0 Å². The molecule has 0 spiro atoms. The molecule has 128 valence electrons. The summed E-state index contributed by atoms with van der Waals surface area (Å²) in [6, 6.07) is 0.171. The molecule has 1 aromatic rings. The molecule has 2 aliphatic rings. The Hall–Kier alpha value is -1.40. The number of amides is 1. The predicted molar refractivity (Wildman–Crippen MR) is 86.3 cm³/mol. The summed E-state index contributed by atoms with van der Waals surface area (Å²) >= 11 is 0. The fourth-order valence-corrected chi connectivity index (χ4v) is 3.73. The van der Waals surface area contributed by atoms with Gasteiger partial charge >= 0.3 is 0 Å². The summed E-state index contributed by atoms with van der Waals surface area (Å²) in [6.45, 7) is 7.33. The lowest BCUT2D eigenvalue weighted by atomic mass is 9.97. The van der Waals surface area contributed by atoms with Crippen molar-refractivity contribution in [3.05, 3.63) is 17.0 Å². The van der Waals surface area contributed by atoms with Crippen LogP contribution >= 0.6 is 0 Å². The summed E-state index contributed by atoms with van der Waals surface area (Å²) in [5.41, 5.74) is 1.91. The number of rotatable bonds is 4. The van der Waals surface area contributed by atoms with Crippen molar-refractivity contribution < 1.29 is 14.1 Å². The Morgan fingerprint density at radius 3 is 2.87 bits per heavy atom. The van der Waals surface area contributed by atoms with Crippen LogP contribution in [0.2, 0.25) is 0 Å². The summed E-state index contributed by atoms with van der Waals surface area (Å²) < 4.78 is 11.3. The number of likely N-dealkylation sites (tertiary alicyclic amines) is 1. The van der Waals surface area contributed by atoms with Crippen molar-refractivity contribution >= 4 is 5.91 Å². The minimum atomic E-state index is 0.171. The maximum Gasteiger partial charge on any atom is 0.227 e. The van der Waals surface area contributed by atoms with E-state index in [9.17, 15) is 4.79 Å². The van der Waals surface area contributed by atoms with Crippen LogP contribution in [0.15, 0.2) is 4.52 Å². The van der Waals surface area contributed by atoms with Gasteiger partial charge in [-0.2, -0.15) is 0 Å². The Morgan fingerprint density at radius 2 is 2.13 bits per heavy atom. The molecule has 1 amide bonds. The van der Waals surface area contributed by atoms with E-state index in [4.69, 9.17) is 9.26 Å². The van der Waals surface area contributed by atoms with Crippen LogP contribution in [-0.4, -0.2) is 66.3 Å². The number of piperidine rings is 1. The molecule has 1 aromatic heterocycles. The van der Waals surface area contributed by atoms with E-state index < -0.39 is 0 Å². The highest BCUT2D eigenvalue weighted by molar-refractivity contribution is 5.79. The van der Waals surface area contributed by atoms with Crippen molar-refractivity contribution in [3.63, 3.8) is 0 Å². The van der Waals surface area contributed by atoms with E-state index in [1.165, 1.54) is 0 Å². The van der Waals surface area contributed by atoms with E-state index >= 15 is 0 Å². The first-order valence-corrected chi connectivity index (χ1v) is 8.69. The number of aromatic nitrogens is 1. The summed E-state index contributed by atoms with van der Waals surface area (Å²) in [4.78, 5) is 17.3. The Morgan fingerprint density at radius 1 is 1.30 bits per heavy atom. The molecule has 3 rings (SSSR count). The second-order valence-corrected chi connectivity index (χ2v) is 6.53. The fourth-order valence-electron chi connectivity index (χ4n) is 3.73. The Bertz CT molecular complexity index is 536. The number of carbonyl (C=O) groups excluding carboxylic acids is 1. The number of hydrogen-bond donors (Lipinski definition) is 0. The van der Waals surface area contributed by atoms with Gasteiger partial charge in [0, 0.05) is 31.6 Å². The number of likely N-dealkylation sites (N-methyl/N-ethyl adjacent to an activating group) is 1. The average Bonchev–Trinajstić information content (AvgIpc) is 2.95. The zero-order valence-corrected chi connectivity index (χ0v) is 14.4. The molecule has 23 heavy (non-hydrogen) atoms. The van der Waals surface area contributed by atoms with Crippen molar-refractivity contribution in [1.29, 1.82) is 0 Å². The Labute approximate surface area is 137 Å². The third kappa shape index (κ3) is 3.28. The molecule has 0 saturated carbocycles. The largest absolute Gasteiger partial charge is 0.374 e. The summed E-state index contributed by atoms with van der Waals surface area (Å²) in [6.07, 6.45) is 3.14. The number of nitrogens with zero attached hydrogens (tertiary/aromatic N) is 3. The molecule has 2 fully saturated rings. The van der Waals surface area contributed by atoms with Gasteiger partial charge in [0.15, 0.2) is 0 Å². The van der Waals surface area contributed by atoms with Gasteiger partial charge in [-0.1, -0.05) is 19.0 Å². The van der Waals surface area contributed by atoms with E-state index in [2.05, 4.69) is 17.1 Å². The van der Waals surface area contributed by atoms with Gasteiger partial charge in [-0.3, -0.25) is 4.79 Å². The Balaban J connectivity index is 1.75. The summed E-state index contributed by atoms with van der Waals surface area (Å²) in [5, 5.41) is 4.12. The van der Waals surface area contributed by atoms with Gasteiger partial charge in [0.2, 0.25) is 5.91 Å². The maximum absolute atomic E-state index is 12.9. The first-order chi connectivity index (χ1) is 11.1. The molecule has 6 nitrogen and oxygen atoms in total. The van der Waals surface area contributed by atoms with E-state index in [1.807, 2.05) is 18.7 Å². The fraction of sp³-hybridized carbons (Fsp3) is 0.765. The molecule has 2 aliphatic heterocycles. The molecular weight excluding hydrogens is 294 g/mol. The van der Waals surface area contributed by atoms with E-state index in [0.29, 0.717) is 19.6 Å². The highest BCUT2D eigenvalue weighted by Crippen LogP contribution is 2.24. The van der Waals surface area contributed by atoms with Gasteiger partial charge in [-0.05, 0) is 19.9 Å². The maximum atomic E-state index is 12.9. The highest BCUT2D eigenvalue weighted by atomic mass is 16.5. The number of fused-ring (bicyclic) bond motifs is 1. The quantitative estimate of drug-likeness (QED) is 0.836. The lowest BCUT2D eigenvalue weighted by molar-refractivity contribution is -0.151. The van der Waals surface area contributed by atoms with Crippen LogP contribution in [-0.2, 0) is 28.8 Å². The average molecular weight is 321 g/mol. The van der Waals surface area contributed by atoms with Gasteiger partial charge in [-0.25, -0.2) is 0 Å². The van der Waals surface area contributed by atoms with Crippen LogP contribution in [0, 0.1) is 0 Å². The van der Waals surface area contributed by atoms with Gasteiger partial charge in [0.25, 0.3) is 0 Å². The summed E-state index contributed by atoms with van der Waals surface area (Å²) in [5.74, 6) is 1.02. The zero-order chi connectivity index (χ0) is 16.4. The SMILES string of the molecule is CCc1noc(CC)c1CC(=O)N1CCO[C@@H]2CCN(C)C[C@H]21. The van der Waals surface area contributed by atoms with Gasteiger partial charge in [-0.15, -0.1) is 0 Å².